The van der Waals surface area contributed by atoms with E-state index in [1.807, 2.05) is 0 Å². The average molecular weight is 253 g/mol. The quantitative estimate of drug-likeness (QED) is 0.779. The summed E-state index contributed by atoms with van der Waals surface area (Å²) in [7, 11) is 0. The van der Waals surface area contributed by atoms with Crippen LogP contribution in [0.15, 0.2) is 0 Å². The Bertz CT molecular complexity index is 293. The third kappa shape index (κ3) is 1.99. The molecule has 0 amide bonds. The Morgan fingerprint density at radius 1 is 1.17 bits per heavy atom. The molecule has 0 aliphatic carbocycles. The van der Waals surface area contributed by atoms with Crippen molar-refractivity contribution >= 4 is 0 Å². The second-order valence-corrected chi connectivity index (χ2v) is 6.52. The highest BCUT2D eigenvalue weighted by atomic mass is 16.5. The van der Waals surface area contributed by atoms with Crippen molar-refractivity contribution in [3.05, 3.63) is 0 Å². The van der Waals surface area contributed by atoms with Crippen LogP contribution < -0.4 is 5.73 Å². The molecule has 0 aromatic rings. The maximum absolute atomic E-state index is 6.24. The van der Waals surface area contributed by atoms with E-state index in [4.69, 9.17) is 10.5 Å². The summed E-state index contributed by atoms with van der Waals surface area (Å²) in [4.78, 5) is 5.26. The third-order valence-corrected chi connectivity index (χ3v) is 5.25. The van der Waals surface area contributed by atoms with Crippen LogP contribution in [0.5, 0.6) is 0 Å². The maximum Gasteiger partial charge on any atom is 0.0678 e. The number of hydrogen-bond acceptors (Lipinski definition) is 4. The minimum Gasteiger partial charge on any atom is -0.373 e. The minimum atomic E-state index is 0.225. The molecule has 4 nitrogen and oxygen atoms in total. The molecule has 2 bridgehead atoms. The van der Waals surface area contributed by atoms with Gasteiger partial charge in [0, 0.05) is 31.7 Å². The zero-order valence-electron chi connectivity index (χ0n) is 11.8. The molecular formula is C14H27N3O. The van der Waals surface area contributed by atoms with E-state index in [0.29, 0.717) is 12.2 Å². The number of fused-ring (bicyclic) bond motifs is 3. The normalized spacial score (nSPS) is 49.5. The fourth-order valence-corrected chi connectivity index (χ4v) is 4.40. The molecule has 0 aromatic heterocycles. The molecule has 2 N–H and O–H groups in total. The Kier molecular flexibility index (Phi) is 3.39. The monoisotopic (exact) mass is 253 g/mol. The zero-order chi connectivity index (χ0) is 12.8. The van der Waals surface area contributed by atoms with Crippen molar-refractivity contribution in [2.45, 2.75) is 44.4 Å². The van der Waals surface area contributed by atoms with Crippen molar-refractivity contribution in [1.29, 1.82) is 0 Å². The molecule has 3 atom stereocenters. The predicted octanol–water partition coefficient (Wildman–Crippen LogP) is 0.519. The first-order valence-electron chi connectivity index (χ1n) is 7.47. The Balaban J connectivity index is 1.82. The molecule has 4 fully saturated rings. The highest BCUT2D eigenvalue weighted by molar-refractivity contribution is 5.07. The fraction of sp³-hybridized carbons (Fsp3) is 1.00. The Morgan fingerprint density at radius 3 is 2.22 bits per heavy atom. The molecule has 0 saturated carbocycles. The van der Waals surface area contributed by atoms with Crippen LogP contribution in [-0.2, 0) is 4.74 Å². The Hall–Kier alpha value is -0.160. The van der Waals surface area contributed by atoms with Crippen molar-refractivity contribution < 1.29 is 4.74 Å². The van der Waals surface area contributed by atoms with Gasteiger partial charge in [-0.15, -0.1) is 0 Å². The molecule has 4 aliphatic heterocycles. The van der Waals surface area contributed by atoms with Crippen LogP contribution in [0.2, 0.25) is 0 Å². The standard InChI is InChI=1S/C14H27N3O/c1-11-7-17(8-12(2)18-11)14(9-15)10-16-5-3-13(14)4-6-16/h11-13H,3-10,15H2,1-2H3/t11-,12+,14?. The van der Waals surface area contributed by atoms with Gasteiger partial charge in [-0.1, -0.05) is 0 Å². The van der Waals surface area contributed by atoms with Crippen LogP contribution in [0.4, 0.5) is 0 Å². The van der Waals surface area contributed by atoms with Crippen molar-refractivity contribution in [3.8, 4) is 0 Å². The summed E-state index contributed by atoms with van der Waals surface area (Å²) in [5, 5.41) is 0. The number of ether oxygens (including phenoxy) is 1. The summed E-state index contributed by atoms with van der Waals surface area (Å²) in [6.45, 7) is 11.0. The van der Waals surface area contributed by atoms with Crippen LogP contribution in [0.1, 0.15) is 26.7 Å². The lowest BCUT2D eigenvalue weighted by molar-refractivity contribution is -0.142. The van der Waals surface area contributed by atoms with Gasteiger partial charge in [0.05, 0.1) is 12.2 Å². The van der Waals surface area contributed by atoms with E-state index in [0.717, 1.165) is 25.6 Å². The number of rotatable bonds is 2. The zero-order valence-corrected chi connectivity index (χ0v) is 11.8. The topological polar surface area (TPSA) is 41.7 Å². The first-order chi connectivity index (χ1) is 8.64. The van der Waals surface area contributed by atoms with Crippen LogP contribution in [0.25, 0.3) is 0 Å². The summed E-state index contributed by atoms with van der Waals surface area (Å²) in [6.07, 6.45) is 3.34. The van der Waals surface area contributed by atoms with Gasteiger partial charge in [0.25, 0.3) is 0 Å². The molecule has 4 heterocycles. The lowest BCUT2D eigenvalue weighted by Crippen LogP contribution is -2.72. The molecule has 4 rings (SSSR count). The summed E-state index contributed by atoms with van der Waals surface area (Å²) < 4.78 is 5.88. The molecule has 4 saturated heterocycles. The number of piperidine rings is 3. The summed E-state index contributed by atoms with van der Waals surface area (Å²) in [5.41, 5.74) is 6.46. The number of nitrogens with two attached hydrogens (primary N) is 1. The van der Waals surface area contributed by atoms with Crippen LogP contribution in [0.3, 0.4) is 0 Å². The van der Waals surface area contributed by atoms with Gasteiger partial charge < -0.3 is 15.4 Å². The van der Waals surface area contributed by atoms with E-state index in [9.17, 15) is 0 Å². The van der Waals surface area contributed by atoms with Crippen LogP contribution in [0, 0.1) is 5.92 Å². The van der Waals surface area contributed by atoms with E-state index < -0.39 is 0 Å². The van der Waals surface area contributed by atoms with Gasteiger partial charge in [-0.2, -0.15) is 0 Å². The van der Waals surface area contributed by atoms with Gasteiger partial charge in [0.15, 0.2) is 0 Å². The van der Waals surface area contributed by atoms with Crippen molar-refractivity contribution in [1.82, 2.24) is 9.80 Å². The maximum atomic E-state index is 6.24. The summed E-state index contributed by atoms with van der Waals surface area (Å²) in [5.74, 6) is 0.796. The number of morpholine rings is 1. The molecule has 4 aliphatic rings. The van der Waals surface area contributed by atoms with Crippen molar-refractivity contribution in [2.24, 2.45) is 11.7 Å². The third-order valence-electron chi connectivity index (χ3n) is 5.25. The lowest BCUT2D eigenvalue weighted by atomic mass is 9.71. The van der Waals surface area contributed by atoms with Crippen LogP contribution >= 0.6 is 0 Å². The minimum absolute atomic E-state index is 0.225. The molecular weight excluding hydrogens is 226 g/mol. The van der Waals surface area contributed by atoms with Gasteiger partial charge in [-0.05, 0) is 45.7 Å². The van der Waals surface area contributed by atoms with E-state index in [1.54, 1.807) is 0 Å². The molecule has 18 heavy (non-hydrogen) atoms. The first-order valence-corrected chi connectivity index (χ1v) is 7.47. The van der Waals surface area contributed by atoms with Gasteiger partial charge in [0.1, 0.15) is 0 Å². The second kappa shape index (κ2) is 4.75. The smallest absolute Gasteiger partial charge is 0.0678 e. The molecule has 4 heteroatoms. The Labute approximate surface area is 110 Å². The van der Waals surface area contributed by atoms with E-state index in [2.05, 4.69) is 23.6 Å². The predicted molar refractivity (Wildman–Crippen MR) is 72.5 cm³/mol. The second-order valence-electron chi connectivity index (χ2n) is 6.52. The molecule has 104 valence electrons. The largest absolute Gasteiger partial charge is 0.373 e. The Morgan fingerprint density at radius 2 is 1.78 bits per heavy atom. The van der Waals surface area contributed by atoms with E-state index in [1.165, 1.54) is 32.5 Å². The van der Waals surface area contributed by atoms with Gasteiger partial charge in [-0.3, -0.25) is 4.90 Å². The number of hydrogen-bond donors (Lipinski definition) is 1. The summed E-state index contributed by atoms with van der Waals surface area (Å²) >= 11 is 0. The lowest BCUT2D eigenvalue weighted by Gasteiger charge is -2.59. The molecule has 0 radical (unpaired) electrons. The summed E-state index contributed by atoms with van der Waals surface area (Å²) in [6, 6.07) is 0. The molecule has 1 unspecified atom stereocenters. The first kappa shape index (κ1) is 12.9. The van der Waals surface area contributed by atoms with Crippen molar-refractivity contribution in [3.63, 3.8) is 0 Å². The SMILES string of the molecule is C[C@@H]1CN(C2(CN)CN3CCC2CC3)C[C@H](C)O1. The fourth-order valence-electron chi connectivity index (χ4n) is 4.40. The highest BCUT2D eigenvalue weighted by Gasteiger charge is 2.50. The van der Waals surface area contributed by atoms with Gasteiger partial charge in [0.2, 0.25) is 0 Å². The van der Waals surface area contributed by atoms with E-state index >= 15 is 0 Å². The average Bonchev–Trinajstić information content (AvgIpc) is 2.38. The van der Waals surface area contributed by atoms with E-state index in [-0.39, 0.29) is 5.54 Å². The highest BCUT2D eigenvalue weighted by Crippen LogP contribution is 2.40. The molecule has 0 spiro atoms. The van der Waals surface area contributed by atoms with Gasteiger partial charge in [-0.25, -0.2) is 0 Å². The number of nitrogens with zero attached hydrogens (tertiary/aromatic N) is 2. The van der Waals surface area contributed by atoms with Gasteiger partial charge >= 0.3 is 0 Å². The van der Waals surface area contributed by atoms with Crippen molar-refractivity contribution in [2.75, 3.05) is 39.3 Å². The molecule has 0 aromatic carbocycles. The van der Waals surface area contributed by atoms with Crippen LogP contribution in [-0.4, -0.2) is 66.8 Å².